The lowest BCUT2D eigenvalue weighted by atomic mass is 10.1. The first kappa shape index (κ1) is 17.8. The van der Waals surface area contributed by atoms with Crippen molar-refractivity contribution in [3.8, 4) is 0 Å². The van der Waals surface area contributed by atoms with Crippen molar-refractivity contribution in [2.75, 3.05) is 7.05 Å². The molecule has 0 N–H and O–H groups in total. The van der Waals surface area contributed by atoms with Gasteiger partial charge in [-0.15, -0.1) is 0 Å². The van der Waals surface area contributed by atoms with Crippen molar-refractivity contribution in [3.05, 3.63) is 52.8 Å². The summed E-state index contributed by atoms with van der Waals surface area (Å²) in [6, 6.07) is 8.45. The minimum absolute atomic E-state index is 0.146. The summed E-state index contributed by atoms with van der Waals surface area (Å²) in [5.74, 6) is 0. The molecule has 0 amide bonds. The van der Waals surface area contributed by atoms with Gasteiger partial charge in [0, 0.05) is 36.7 Å². The van der Waals surface area contributed by atoms with Crippen LogP contribution in [-0.2, 0) is 17.1 Å². The van der Waals surface area contributed by atoms with Crippen molar-refractivity contribution < 1.29 is 8.42 Å². The maximum atomic E-state index is 13.0. The van der Waals surface area contributed by atoms with Gasteiger partial charge < -0.3 is 0 Å². The fourth-order valence-electron chi connectivity index (χ4n) is 2.78. The summed E-state index contributed by atoms with van der Waals surface area (Å²) < 4.78 is 29.0. The number of halogens is 1. The lowest BCUT2D eigenvalue weighted by Crippen LogP contribution is -2.30. The van der Waals surface area contributed by atoms with E-state index in [2.05, 4.69) is 10.1 Å². The average molecular weight is 379 g/mol. The highest BCUT2D eigenvalue weighted by atomic mass is 35.5. The zero-order valence-electron chi connectivity index (χ0n) is 14.4. The van der Waals surface area contributed by atoms with Crippen LogP contribution in [0.25, 0.3) is 11.0 Å². The number of pyridine rings is 1. The standard InChI is InChI=1S/C17H19ClN4O2S/c1-11-16-9-15(10-19-17(16)21(3)20-11)25(23,24)22(4)12(2)13-6-5-7-14(18)8-13/h5-10,12H,1-4H3. The van der Waals surface area contributed by atoms with Gasteiger partial charge in [0.05, 0.1) is 5.69 Å². The number of hydrogen-bond donors (Lipinski definition) is 0. The van der Waals surface area contributed by atoms with E-state index in [4.69, 9.17) is 11.6 Å². The molecular weight excluding hydrogens is 360 g/mol. The van der Waals surface area contributed by atoms with Crippen molar-refractivity contribution in [1.29, 1.82) is 0 Å². The van der Waals surface area contributed by atoms with Gasteiger partial charge in [0.2, 0.25) is 10.0 Å². The highest BCUT2D eigenvalue weighted by Gasteiger charge is 2.27. The first-order chi connectivity index (χ1) is 11.7. The highest BCUT2D eigenvalue weighted by molar-refractivity contribution is 7.89. The van der Waals surface area contributed by atoms with Crippen LogP contribution in [0, 0.1) is 6.92 Å². The number of sulfonamides is 1. The molecule has 25 heavy (non-hydrogen) atoms. The van der Waals surface area contributed by atoms with Crippen molar-refractivity contribution in [1.82, 2.24) is 19.1 Å². The maximum Gasteiger partial charge on any atom is 0.244 e. The number of hydrogen-bond acceptors (Lipinski definition) is 4. The molecule has 2 heterocycles. The summed E-state index contributed by atoms with van der Waals surface area (Å²) in [6.45, 7) is 3.66. The molecular formula is C17H19ClN4O2S. The van der Waals surface area contributed by atoms with E-state index in [1.807, 2.05) is 19.9 Å². The number of nitrogens with zero attached hydrogens (tertiary/aromatic N) is 4. The highest BCUT2D eigenvalue weighted by Crippen LogP contribution is 2.28. The third-order valence-corrected chi connectivity index (χ3v) is 6.52. The van der Waals surface area contributed by atoms with Gasteiger partial charge in [-0.05, 0) is 37.6 Å². The van der Waals surface area contributed by atoms with Crippen LogP contribution in [0.4, 0.5) is 0 Å². The second kappa shape index (κ2) is 6.40. The van der Waals surface area contributed by atoms with Gasteiger partial charge in [-0.1, -0.05) is 23.7 Å². The molecule has 8 heteroatoms. The molecule has 3 aromatic rings. The summed E-state index contributed by atoms with van der Waals surface area (Å²) in [4.78, 5) is 4.42. The van der Waals surface area contributed by atoms with Crippen molar-refractivity contribution >= 4 is 32.7 Å². The lowest BCUT2D eigenvalue weighted by Gasteiger charge is -2.24. The van der Waals surface area contributed by atoms with Crippen molar-refractivity contribution in [2.45, 2.75) is 24.8 Å². The Morgan fingerprint density at radius 2 is 2.00 bits per heavy atom. The zero-order chi connectivity index (χ0) is 18.4. The third-order valence-electron chi connectivity index (χ3n) is 4.39. The molecule has 1 aromatic carbocycles. The fourth-order valence-corrected chi connectivity index (χ4v) is 4.30. The number of aromatic nitrogens is 3. The van der Waals surface area contributed by atoms with Gasteiger partial charge in [-0.2, -0.15) is 9.40 Å². The van der Waals surface area contributed by atoms with E-state index < -0.39 is 10.0 Å². The molecule has 6 nitrogen and oxygen atoms in total. The van der Waals surface area contributed by atoms with E-state index in [1.165, 1.54) is 10.5 Å². The van der Waals surface area contributed by atoms with E-state index >= 15 is 0 Å². The van der Waals surface area contributed by atoms with Crippen molar-refractivity contribution in [3.63, 3.8) is 0 Å². The second-order valence-electron chi connectivity index (χ2n) is 6.00. The topological polar surface area (TPSA) is 68.1 Å². The van der Waals surface area contributed by atoms with Crippen LogP contribution in [0.5, 0.6) is 0 Å². The predicted molar refractivity (Wildman–Crippen MR) is 98.1 cm³/mol. The molecule has 0 spiro atoms. The zero-order valence-corrected chi connectivity index (χ0v) is 16.0. The second-order valence-corrected chi connectivity index (χ2v) is 8.44. The minimum Gasteiger partial charge on any atom is -0.250 e. The molecule has 2 aromatic heterocycles. The van der Waals surface area contributed by atoms with Crippen LogP contribution < -0.4 is 0 Å². The van der Waals surface area contributed by atoms with Crippen LogP contribution in [-0.4, -0.2) is 34.5 Å². The molecule has 3 rings (SSSR count). The fraction of sp³-hybridized carbons (Fsp3) is 0.294. The molecule has 0 aliphatic carbocycles. The Morgan fingerprint density at radius 1 is 1.28 bits per heavy atom. The molecule has 0 saturated carbocycles. The largest absolute Gasteiger partial charge is 0.250 e. The van der Waals surface area contributed by atoms with Crippen LogP contribution in [0.3, 0.4) is 0 Å². The molecule has 0 aliphatic rings. The van der Waals surface area contributed by atoms with Gasteiger partial charge in [0.15, 0.2) is 5.65 Å². The Morgan fingerprint density at radius 3 is 2.68 bits per heavy atom. The predicted octanol–water partition coefficient (Wildman–Crippen LogP) is 3.31. The molecule has 1 atom stereocenters. The number of benzene rings is 1. The van der Waals surface area contributed by atoms with Gasteiger partial charge in [-0.3, -0.25) is 4.68 Å². The number of fused-ring (bicyclic) bond motifs is 1. The monoisotopic (exact) mass is 378 g/mol. The molecule has 1 unspecified atom stereocenters. The molecule has 0 bridgehead atoms. The number of rotatable bonds is 4. The Labute approximate surface area is 152 Å². The maximum absolute atomic E-state index is 13.0. The number of aryl methyl sites for hydroxylation is 2. The average Bonchev–Trinajstić information content (AvgIpc) is 2.87. The quantitative estimate of drug-likeness (QED) is 0.698. The summed E-state index contributed by atoms with van der Waals surface area (Å²) in [5, 5.41) is 5.58. The minimum atomic E-state index is -3.71. The molecule has 132 valence electrons. The van der Waals surface area contributed by atoms with E-state index in [9.17, 15) is 8.42 Å². The molecule has 0 fully saturated rings. The Bertz CT molecular complexity index is 1050. The van der Waals surface area contributed by atoms with Gasteiger partial charge in [-0.25, -0.2) is 13.4 Å². The van der Waals surface area contributed by atoms with Crippen molar-refractivity contribution in [2.24, 2.45) is 7.05 Å². The first-order valence-corrected chi connectivity index (χ1v) is 9.56. The van der Waals surface area contributed by atoms with E-state index in [1.54, 1.807) is 43.0 Å². The Hall–Kier alpha value is -1.96. The van der Waals surface area contributed by atoms with Gasteiger partial charge in [0.1, 0.15) is 4.90 Å². The van der Waals surface area contributed by atoms with Crippen LogP contribution in [0.2, 0.25) is 5.02 Å². The van der Waals surface area contributed by atoms with Crippen LogP contribution in [0.15, 0.2) is 41.4 Å². The lowest BCUT2D eigenvalue weighted by molar-refractivity contribution is 0.398. The molecule has 0 saturated heterocycles. The van der Waals surface area contributed by atoms with E-state index in [0.717, 1.165) is 16.6 Å². The summed E-state index contributed by atoms with van der Waals surface area (Å²) in [7, 11) is -0.369. The molecule has 0 radical (unpaired) electrons. The normalized spacial score (nSPS) is 13.5. The third kappa shape index (κ3) is 3.15. The van der Waals surface area contributed by atoms with Crippen LogP contribution >= 0.6 is 11.6 Å². The van der Waals surface area contributed by atoms with E-state index in [0.29, 0.717) is 10.7 Å². The Kier molecular flexibility index (Phi) is 4.57. The van der Waals surface area contributed by atoms with Crippen LogP contribution in [0.1, 0.15) is 24.2 Å². The summed E-state index contributed by atoms with van der Waals surface area (Å²) in [5.41, 5.74) is 2.22. The van der Waals surface area contributed by atoms with Gasteiger partial charge >= 0.3 is 0 Å². The first-order valence-electron chi connectivity index (χ1n) is 7.74. The molecule has 0 aliphatic heterocycles. The Balaban J connectivity index is 2.02. The van der Waals surface area contributed by atoms with E-state index in [-0.39, 0.29) is 10.9 Å². The summed E-state index contributed by atoms with van der Waals surface area (Å²) >= 11 is 6.02. The summed E-state index contributed by atoms with van der Waals surface area (Å²) in [6.07, 6.45) is 1.37. The smallest absolute Gasteiger partial charge is 0.244 e. The van der Waals surface area contributed by atoms with Gasteiger partial charge in [0.25, 0.3) is 0 Å². The SMILES string of the molecule is Cc1nn(C)c2ncc(S(=O)(=O)N(C)C(C)c3cccc(Cl)c3)cc12.